The van der Waals surface area contributed by atoms with Gasteiger partial charge in [0.1, 0.15) is 0 Å². The monoisotopic (exact) mass is 318 g/mol. The van der Waals surface area contributed by atoms with Crippen molar-refractivity contribution < 1.29 is 0 Å². The van der Waals surface area contributed by atoms with Gasteiger partial charge in [0.2, 0.25) is 0 Å². The van der Waals surface area contributed by atoms with Crippen LogP contribution in [-0.4, -0.2) is 35.0 Å². The van der Waals surface area contributed by atoms with E-state index >= 15 is 0 Å². The van der Waals surface area contributed by atoms with Crippen molar-refractivity contribution >= 4 is 0 Å². The lowest BCUT2D eigenvalue weighted by Crippen LogP contribution is -2.60. The Morgan fingerprint density at radius 2 is 1.29 bits per heavy atom. The number of rotatable bonds is 4. The summed E-state index contributed by atoms with van der Waals surface area (Å²) in [4.78, 5) is 5.37. The first-order valence-corrected chi connectivity index (χ1v) is 9.04. The standard InChI is InChI=1S/C22H26N2/c1-3-9-20(10-4-1)17-23-15-16-24(18-21-11-5-2-6-12-21)22(19-23)13-7-8-14-22/h1-12H,13-19H2. The van der Waals surface area contributed by atoms with Crippen molar-refractivity contribution in [3.8, 4) is 0 Å². The molecule has 0 bridgehead atoms. The molecule has 0 atom stereocenters. The van der Waals surface area contributed by atoms with Gasteiger partial charge in [0.25, 0.3) is 0 Å². The van der Waals surface area contributed by atoms with Gasteiger partial charge in [-0.25, -0.2) is 0 Å². The normalized spacial score (nSPS) is 20.7. The number of hydrogen-bond acceptors (Lipinski definition) is 2. The molecule has 0 amide bonds. The van der Waals surface area contributed by atoms with Crippen LogP contribution in [0.2, 0.25) is 0 Å². The van der Waals surface area contributed by atoms with Crippen molar-refractivity contribution in [1.82, 2.24) is 9.80 Å². The van der Waals surface area contributed by atoms with Crippen LogP contribution in [0.15, 0.2) is 72.8 Å². The van der Waals surface area contributed by atoms with E-state index in [0.717, 1.165) is 26.2 Å². The molecule has 0 saturated carbocycles. The highest BCUT2D eigenvalue weighted by atomic mass is 15.3. The van der Waals surface area contributed by atoms with Gasteiger partial charge in [0, 0.05) is 38.3 Å². The lowest BCUT2D eigenvalue weighted by molar-refractivity contribution is -0.00522. The van der Waals surface area contributed by atoms with E-state index in [-0.39, 0.29) is 0 Å². The molecule has 2 heteroatoms. The predicted octanol–water partition coefficient (Wildman–Crippen LogP) is 4.09. The smallest absolute Gasteiger partial charge is 0.0409 e. The van der Waals surface area contributed by atoms with Crippen LogP contribution in [-0.2, 0) is 13.1 Å². The van der Waals surface area contributed by atoms with Crippen molar-refractivity contribution in [3.63, 3.8) is 0 Å². The number of nitrogens with zero attached hydrogens (tertiary/aromatic N) is 2. The largest absolute Gasteiger partial charge is 0.296 e. The van der Waals surface area contributed by atoms with Crippen LogP contribution < -0.4 is 0 Å². The second-order valence-electron chi connectivity index (χ2n) is 7.21. The molecule has 1 saturated heterocycles. The molecule has 4 rings (SSSR count). The summed E-state index contributed by atoms with van der Waals surface area (Å²) < 4.78 is 0. The zero-order valence-electron chi connectivity index (χ0n) is 14.3. The van der Waals surface area contributed by atoms with Crippen LogP contribution in [0.4, 0.5) is 0 Å². The Bertz CT molecular complexity index is 670. The van der Waals surface area contributed by atoms with Crippen LogP contribution in [0.3, 0.4) is 0 Å². The third-order valence-electron chi connectivity index (χ3n) is 5.50. The molecule has 1 spiro atoms. The zero-order chi connectivity index (χ0) is 16.2. The van der Waals surface area contributed by atoms with Crippen molar-refractivity contribution in [2.45, 2.75) is 31.5 Å². The first-order chi connectivity index (χ1) is 11.8. The molecule has 24 heavy (non-hydrogen) atoms. The molecule has 124 valence electrons. The van der Waals surface area contributed by atoms with E-state index in [9.17, 15) is 0 Å². The maximum absolute atomic E-state index is 2.73. The van der Waals surface area contributed by atoms with Gasteiger partial charge in [-0.05, 0) is 24.0 Å². The third-order valence-corrected chi connectivity index (χ3v) is 5.50. The zero-order valence-corrected chi connectivity index (χ0v) is 14.3. The molecule has 1 heterocycles. The maximum Gasteiger partial charge on any atom is 0.0409 e. The molecule has 1 fully saturated rings. The maximum atomic E-state index is 2.73. The van der Waals surface area contributed by atoms with E-state index in [1.165, 1.54) is 30.5 Å². The summed E-state index contributed by atoms with van der Waals surface area (Å²) in [6.07, 6.45) is 7.13. The molecule has 0 N–H and O–H groups in total. The summed E-state index contributed by atoms with van der Waals surface area (Å²) in [5.74, 6) is 0. The van der Waals surface area contributed by atoms with E-state index in [1.807, 2.05) is 0 Å². The molecular weight excluding hydrogens is 292 g/mol. The second-order valence-corrected chi connectivity index (χ2v) is 7.21. The van der Waals surface area contributed by atoms with Crippen molar-refractivity contribution in [3.05, 3.63) is 83.9 Å². The lowest BCUT2D eigenvalue weighted by Gasteiger charge is -2.49. The Hall–Kier alpha value is -1.90. The van der Waals surface area contributed by atoms with Crippen LogP contribution >= 0.6 is 0 Å². The Morgan fingerprint density at radius 1 is 0.708 bits per heavy atom. The molecule has 0 unspecified atom stereocenters. The molecule has 1 aliphatic heterocycles. The average molecular weight is 318 g/mol. The fraction of sp³-hybridized carbons (Fsp3) is 0.364. The minimum atomic E-state index is 0.295. The van der Waals surface area contributed by atoms with Crippen LogP contribution in [0, 0.1) is 0 Å². The van der Waals surface area contributed by atoms with Crippen molar-refractivity contribution in [2.24, 2.45) is 0 Å². The lowest BCUT2D eigenvalue weighted by atomic mass is 9.90. The number of piperazine rings is 1. The van der Waals surface area contributed by atoms with E-state index in [2.05, 4.69) is 82.6 Å². The Morgan fingerprint density at radius 3 is 1.92 bits per heavy atom. The molecule has 2 aromatic rings. The van der Waals surface area contributed by atoms with Gasteiger partial charge >= 0.3 is 0 Å². The SMILES string of the molecule is C1=CCC2(C1)CN(Cc1ccccc1)CCN2Cc1ccccc1. The fourth-order valence-electron chi connectivity index (χ4n) is 4.20. The van der Waals surface area contributed by atoms with Crippen LogP contribution in [0.1, 0.15) is 24.0 Å². The van der Waals surface area contributed by atoms with E-state index in [1.54, 1.807) is 0 Å². The Kier molecular flexibility index (Phi) is 4.50. The van der Waals surface area contributed by atoms with Gasteiger partial charge in [-0.1, -0.05) is 72.8 Å². The van der Waals surface area contributed by atoms with E-state index < -0.39 is 0 Å². The molecule has 2 aliphatic rings. The van der Waals surface area contributed by atoms with E-state index in [0.29, 0.717) is 5.54 Å². The highest BCUT2D eigenvalue weighted by Crippen LogP contribution is 2.35. The van der Waals surface area contributed by atoms with E-state index in [4.69, 9.17) is 0 Å². The highest BCUT2D eigenvalue weighted by Gasteiger charge is 2.41. The summed E-state index contributed by atoms with van der Waals surface area (Å²) in [5, 5.41) is 0. The van der Waals surface area contributed by atoms with Gasteiger partial charge in [-0.2, -0.15) is 0 Å². The molecule has 0 aromatic heterocycles. The summed E-state index contributed by atoms with van der Waals surface area (Å²) in [5.41, 5.74) is 3.15. The van der Waals surface area contributed by atoms with Gasteiger partial charge < -0.3 is 0 Å². The third kappa shape index (κ3) is 3.31. The summed E-state index contributed by atoms with van der Waals surface area (Å²) >= 11 is 0. The minimum absolute atomic E-state index is 0.295. The Labute approximate surface area is 145 Å². The van der Waals surface area contributed by atoms with Gasteiger partial charge in [-0.15, -0.1) is 0 Å². The summed E-state index contributed by atoms with van der Waals surface area (Å²) in [6, 6.07) is 21.8. The number of hydrogen-bond donors (Lipinski definition) is 0. The first-order valence-electron chi connectivity index (χ1n) is 9.04. The van der Waals surface area contributed by atoms with Gasteiger partial charge in [0.05, 0.1) is 0 Å². The quantitative estimate of drug-likeness (QED) is 0.783. The molecular formula is C22H26N2. The van der Waals surface area contributed by atoms with Gasteiger partial charge in [0.15, 0.2) is 0 Å². The summed E-state index contributed by atoms with van der Waals surface area (Å²) in [6.45, 7) is 5.62. The van der Waals surface area contributed by atoms with Gasteiger partial charge in [-0.3, -0.25) is 9.80 Å². The van der Waals surface area contributed by atoms with Crippen LogP contribution in [0.25, 0.3) is 0 Å². The first kappa shape index (κ1) is 15.6. The molecule has 2 aromatic carbocycles. The molecule has 1 aliphatic carbocycles. The number of benzene rings is 2. The van der Waals surface area contributed by atoms with Crippen LogP contribution in [0.5, 0.6) is 0 Å². The Balaban J connectivity index is 1.48. The molecule has 0 radical (unpaired) electrons. The van der Waals surface area contributed by atoms with Crippen molar-refractivity contribution in [2.75, 3.05) is 19.6 Å². The average Bonchev–Trinajstić information content (AvgIpc) is 3.08. The molecule has 2 nitrogen and oxygen atoms in total. The highest BCUT2D eigenvalue weighted by molar-refractivity contribution is 5.19. The predicted molar refractivity (Wildman–Crippen MR) is 99.7 cm³/mol. The second kappa shape index (κ2) is 6.92. The van der Waals surface area contributed by atoms with Crippen molar-refractivity contribution in [1.29, 1.82) is 0 Å². The topological polar surface area (TPSA) is 6.48 Å². The minimum Gasteiger partial charge on any atom is -0.296 e. The summed E-state index contributed by atoms with van der Waals surface area (Å²) in [7, 11) is 0. The fourth-order valence-corrected chi connectivity index (χ4v) is 4.20.